The second-order valence-electron chi connectivity index (χ2n) is 6.85. The Morgan fingerprint density at radius 1 is 1.26 bits per heavy atom. The van der Waals surface area contributed by atoms with E-state index in [-0.39, 0.29) is 17.3 Å². The van der Waals surface area contributed by atoms with E-state index in [1.165, 1.54) is 12.8 Å². The van der Waals surface area contributed by atoms with Crippen molar-refractivity contribution >= 4 is 0 Å². The van der Waals surface area contributed by atoms with Crippen LogP contribution in [0.25, 0.3) is 0 Å². The second-order valence-corrected chi connectivity index (χ2v) is 6.85. The van der Waals surface area contributed by atoms with Crippen molar-refractivity contribution < 1.29 is 4.52 Å². The predicted octanol–water partition coefficient (Wildman–Crippen LogP) is 3.63. The van der Waals surface area contributed by atoms with Crippen LogP contribution in [0.3, 0.4) is 0 Å². The van der Waals surface area contributed by atoms with Crippen LogP contribution in [-0.2, 0) is 0 Å². The van der Waals surface area contributed by atoms with E-state index in [1.807, 2.05) is 0 Å². The van der Waals surface area contributed by atoms with E-state index in [4.69, 9.17) is 9.78 Å². The summed E-state index contributed by atoms with van der Waals surface area (Å²) in [5.41, 5.74) is -0.0143. The van der Waals surface area contributed by atoms with Crippen molar-refractivity contribution in [2.75, 3.05) is 0 Å². The van der Waals surface area contributed by atoms with Crippen LogP contribution in [0.5, 0.6) is 0 Å². The second kappa shape index (κ2) is 4.33. The van der Waals surface area contributed by atoms with Crippen LogP contribution in [0.1, 0.15) is 70.0 Å². The maximum Gasteiger partial charge on any atom is 0.231 e. The molecule has 1 aromatic heterocycles. The van der Waals surface area contributed by atoms with Crippen LogP contribution in [0.15, 0.2) is 4.52 Å². The van der Waals surface area contributed by atoms with Gasteiger partial charge in [0.15, 0.2) is 5.82 Å². The van der Waals surface area contributed by atoms with Crippen LogP contribution in [0.4, 0.5) is 0 Å². The van der Waals surface area contributed by atoms with Crippen molar-refractivity contribution in [2.24, 2.45) is 17.3 Å². The Bertz CT molecular complexity index is 506. The SMILES string of the molecule is CC1CCC(c2noc(C3C(C#N)C3(C)C)n2)CC1. The third kappa shape index (κ3) is 2.05. The molecule has 0 N–H and O–H groups in total. The number of hydrogen-bond donors (Lipinski definition) is 0. The topological polar surface area (TPSA) is 62.7 Å². The van der Waals surface area contributed by atoms with Gasteiger partial charge < -0.3 is 4.52 Å². The van der Waals surface area contributed by atoms with E-state index in [9.17, 15) is 0 Å². The summed E-state index contributed by atoms with van der Waals surface area (Å²) in [5.74, 6) is 2.96. The van der Waals surface area contributed by atoms with E-state index in [1.54, 1.807) is 0 Å². The summed E-state index contributed by atoms with van der Waals surface area (Å²) in [6.07, 6.45) is 4.83. The molecule has 0 radical (unpaired) electrons. The Morgan fingerprint density at radius 3 is 2.53 bits per heavy atom. The van der Waals surface area contributed by atoms with Gasteiger partial charge in [0.1, 0.15) is 0 Å². The highest BCUT2D eigenvalue weighted by atomic mass is 16.5. The quantitative estimate of drug-likeness (QED) is 0.813. The number of rotatable bonds is 2. The normalized spacial score (nSPS) is 36.7. The summed E-state index contributed by atoms with van der Waals surface area (Å²) in [7, 11) is 0. The first-order chi connectivity index (χ1) is 9.04. The fourth-order valence-electron chi connectivity index (χ4n) is 3.40. The monoisotopic (exact) mass is 259 g/mol. The zero-order chi connectivity index (χ0) is 13.6. The summed E-state index contributed by atoms with van der Waals surface area (Å²) >= 11 is 0. The zero-order valence-electron chi connectivity index (χ0n) is 11.9. The lowest BCUT2D eigenvalue weighted by molar-refractivity contribution is 0.322. The first kappa shape index (κ1) is 12.7. The maximum atomic E-state index is 9.12. The van der Waals surface area contributed by atoms with Gasteiger partial charge in [-0.2, -0.15) is 10.2 Å². The lowest BCUT2D eigenvalue weighted by Crippen LogP contribution is -2.12. The van der Waals surface area contributed by atoms with E-state index < -0.39 is 0 Å². The Kier molecular flexibility index (Phi) is 2.88. The molecule has 0 aliphatic heterocycles. The first-order valence-corrected chi connectivity index (χ1v) is 7.27. The molecule has 2 fully saturated rings. The molecule has 0 saturated heterocycles. The van der Waals surface area contributed by atoms with Gasteiger partial charge in [0.2, 0.25) is 5.89 Å². The molecule has 2 aliphatic rings. The van der Waals surface area contributed by atoms with Crippen molar-refractivity contribution in [3.8, 4) is 6.07 Å². The average Bonchev–Trinajstić information content (AvgIpc) is 2.76. The Balaban J connectivity index is 1.73. The largest absolute Gasteiger partial charge is 0.339 e. The molecule has 4 nitrogen and oxygen atoms in total. The average molecular weight is 259 g/mol. The fourth-order valence-corrected chi connectivity index (χ4v) is 3.40. The van der Waals surface area contributed by atoms with Crippen molar-refractivity contribution in [3.05, 3.63) is 11.7 Å². The molecule has 4 heteroatoms. The van der Waals surface area contributed by atoms with Gasteiger partial charge in [-0.15, -0.1) is 0 Å². The molecule has 19 heavy (non-hydrogen) atoms. The molecule has 0 aromatic carbocycles. The van der Waals surface area contributed by atoms with Crippen molar-refractivity contribution in [1.82, 2.24) is 10.1 Å². The van der Waals surface area contributed by atoms with Crippen LogP contribution < -0.4 is 0 Å². The van der Waals surface area contributed by atoms with Crippen molar-refractivity contribution in [3.63, 3.8) is 0 Å². The van der Waals surface area contributed by atoms with Gasteiger partial charge in [-0.05, 0) is 24.2 Å². The summed E-state index contributed by atoms with van der Waals surface area (Å²) in [6, 6.07) is 2.34. The van der Waals surface area contributed by atoms with Crippen LogP contribution in [0, 0.1) is 28.6 Å². The Morgan fingerprint density at radius 2 is 1.95 bits per heavy atom. The molecule has 2 atom stereocenters. The van der Waals surface area contributed by atoms with Crippen LogP contribution in [-0.4, -0.2) is 10.1 Å². The standard InChI is InChI=1S/C15H21N3O/c1-9-4-6-10(7-5-9)13-17-14(19-18-13)12-11(8-16)15(12,2)3/h9-12H,4-7H2,1-3H3. The Labute approximate surface area is 114 Å². The van der Waals surface area contributed by atoms with Gasteiger partial charge in [-0.25, -0.2) is 0 Å². The molecule has 0 spiro atoms. The fraction of sp³-hybridized carbons (Fsp3) is 0.800. The minimum absolute atomic E-state index is 0.0143. The number of nitrogens with zero attached hydrogens (tertiary/aromatic N) is 3. The van der Waals surface area contributed by atoms with Crippen LogP contribution >= 0.6 is 0 Å². The Hall–Kier alpha value is -1.37. The van der Waals surface area contributed by atoms with Gasteiger partial charge in [-0.3, -0.25) is 0 Å². The van der Waals surface area contributed by atoms with E-state index in [0.29, 0.717) is 11.8 Å². The van der Waals surface area contributed by atoms with Gasteiger partial charge in [0, 0.05) is 5.92 Å². The van der Waals surface area contributed by atoms with E-state index >= 15 is 0 Å². The van der Waals surface area contributed by atoms with Gasteiger partial charge >= 0.3 is 0 Å². The molecular formula is C15H21N3O. The first-order valence-electron chi connectivity index (χ1n) is 7.27. The molecule has 0 bridgehead atoms. The highest BCUT2D eigenvalue weighted by Gasteiger charge is 2.62. The molecule has 2 aliphatic carbocycles. The smallest absolute Gasteiger partial charge is 0.231 e. The molecule has 1 heterocycles. The minimum Gasteiger partial charge on any atom is -0.339 e. The van der Waals surface area contributed by atoms with Gasteiger partial charge in [-0.1, -0.05) is 38.8 Å². The highest BCUT2D eigenvalue weighted by molar-refractivity contribution is 5.26. The third-order valence-corrected chi connectivity index (χ3v) is 5.07. The summed E-state index contributed by atoms with van der Waals surface area (Å²) in [4.78, 5) is 4.59. The lowest BCUT2D eigenvalue weighted by atomic mass is 9.83. The molecule has 0 amide bonds. The van der Waals surface area contributed by atoms with Gasteiger partial charge in [0.25, 0.3) is 0 Å². The summed E-state index contributed by atoms with van der Waals surface area (Å²) < 4.78 is 5.42. The molecule has 2 unspecified atom stereocenters. The molecule has 1 aromatic rings. The number of hydrogen-bond acceptors (Lipinski definition) is 4. The molecule has 3 rings (SSSR count). The predicted molar refractivity (Wildman–Crippen MR) is 70.3 cm³/mol. The summed E-state index contributed by atoms with van der Waals surface area (Å²) in [5, 5.41) is 13.3. The third-order valence-electron chi connectivity index (χ3n) is 5.07. The van der Waals surface area contributed by atoms with Crippen molar-refractivity contribution in [2.45, 2.75) is 58.3 Å². The van der Waals surface area contributed by atoms with Crippen LogP contribution in [0.2, 0.25) is 0 Å². The van der Waals surface area contributed by atoms with E-state index in [0.717, 1.165) is 24.6 Å². The molecule has 102 valence electrons. The number of nitriles is 1. The number of aromatic nitrogens is 2. The lowest BCUT2D eigenvalue weighted by Gasteiger charge is -2.23. The van der Waals surface area contributed by atoms with E-state index in [2.05, 4.69) is 37.0 Å². The zero-order valence-corrected chi connectivity index (χ0v) is 11.9. The molecular weight excluding hydrogens is 238 g/mol. The molecule has 2 saturated carbocycles. The van der Waals surface area contributed by atoms with Gasteiger partial charge in [0.05, 0.1) is 17.9 Å². The van der Waals surface area contributed by atoms with Crippen molar-refractivity contribution in [1.29, 1.82) is 5.26 Å². The minimum atomic E-state index is -0.0143. The summed E-state index contributed by atoms with van der Waals surface area (Å²) in [6.45, 7) is 6.50. The highest BCUT2D eigenvalue weighted by Crippen LogP contribution is 2.63. The maximum absolute atomic E-state index is 9.12.